The van der Waals surface area contributed by atoms with E-state index in [1.165, 1.54) is 0 Å². The largest absolute Gasteiger partial charge is 0.480 e. The van der Waals surface area contributed by atoms with Crippen LogP contribution in [0.5, 0.6) is 0 Å². The molecule has 19 heavy (non-hydrogen) atoms. The third kappa shape index (κ3) is 3.88. The number of nitrogens with zero attached hydrogens (tertiary/aromatic N) is 1. The van der Waals surface area contributed by atoms with Gasteiger partial charge in [-0.15, -0.1) is 11.8 Å². The first-order valence-corrected chi connectivity index (χ1v) is 8.28. The Kier molecular flexibility index (Phi) is 6.69. The number of carboxylic acid groups (broad SMARTS) is 1. The zero-order chi connectivity index (χ0) is 14.4. The van der Waals surface area contributed by atoms with Crippen molar-refractivity contribution in [3.05, 3.63) is 0 Å². The Morgan fingerprint density at radius 3 is 2.26 bits per heavy atom. The average molecular weight is 287 g/mol. The zero-order valence-electron chi connectivity index (χ0n) is 12.1. The number of hydrogen-bond acceptors (Lipinski definition) is 3. The van der Waals surface area contributed by atoms with E-state index in [1.807, 2.05) is 6.92 Å². The van der Waals surface area contributed by atoms with Gasteiger partial charge in [-0.25, -0.2) is 4.79 Å². The predicted octanol–water partition coefficient (Wildman–Crippen LogP) is 2.97. The molecular weight excluding hydrogens is 262 g/mol. The normalized spacial score (nSPS) is 23.1. The van der Waals surface area contributed by atoms with E-state index in [9.17, 15) is 14.7 Å². The fourth-order valence-electron chi connectivity index (χ4n) is 2.66. The van der Waals surface area contributed by atoms with Crippen LogP contribution >= 0.6 is 11.8 Å². The molecule has 1 aliphatic heterocycles. The summed E-state index contributed by atoms with van der Waals surface area (Å²) in [7, 11) is 0. The van der Waals surface area contributed by atoms with Crippen LogP contribution in [0.2, 0.25) is 0 Å². The minimum atomic E-state index is -0.872. The highest BCUT2D eigenvalue weighted by molar-refractivity contribution is 8.00. The third-order valence-electron chi connectivity index (χ3n) is 3.60. The lowest BCUT2D eigenvalue weighted by Gasteiger charge is -2.30. The van der Waals surface area contributed by atoms with E-state index < -0.39 is 12.0 Å². The van der Waals surface area contributed by atoms with E-state index in [-0.39, 0.29) is 17.2 Å². The summed E-state index contributed by atoms with van der Waals surface area (Å²) in [6.07, 6.45) is 4.45. The number of aliphatic carboxylic acids is 1. The van der Waals surface area contributed by atoms with Gasteiger partial charge in [0.25, 0.3) is 0 Å². The summed E-state index contributed by atoms with van der Waals surface area (Å²) in [6, 6.07) is -0.640. The Bertz CT molecular complexity index is 316. The van der Waals surface area contributed by atoms with Crippen molar-refractivity contribution in [3.8, 4) is 0 Å². The van der Waals surface area contributed by atoms with E-state index in [0.717, 1.165) is 32.1 Å². The van der Waals surface area contributed by atoms with E-state index >= 15 is 0 Å². The van der Waals surface area contributed by atoms with Crippen molar-refractivity contribution in [1.29, 1.82) is 0 Å². The molecule has 0 bridgehead atoms. The van der Waals surface area contributed by atoms with Crippen molar-refractivity contribution in [2.45, 2.75) is 64.3 Å². The maximum atomic E-state index is 12.7. The lowest BCUT2D eigenvalue weighted by atomic mass is 9.96. The van der Waals surface area contributed by atoms with Crippen LogP contribution in [0.25, 0.3) is 0 Å². The quantitative estimate of drug-likeness (QED) is 0.782. The lowest BCUT2D eigenvalue weighted by Crippen LogP contribution is -2.48. The minimum absolute atomic E-state index is 0.00963. The summed E-state index contributed by atoms with van der Waals surface area (Å²) in [4.78, 5) is 25.6. The summed E-state index contributed by atoms with van der Waals surface area (Å²) >= 11 is 1.59. The van der Waals surface area contributed by atoms with Gasteiger partial charge < -0.3 is 10.0 Å². The Morgan fingerprint density at radius 1 is 1.26 bits per heavy atom. The van der Waals surface area contributed by atoms with Crippen LogP contribution in [-0.2, 0) is 9.59 Å². The molecule has 0 radical (unpaired) electrons. The first-order chi connectivity index (χ1) is 9.06. The van der Waals surface area contributed by atoms with Crippen LogP contribution in [-0.4, -0.2) is 39.1 Å². The first-order valence-electron chi connectivity index (χ1n) is 7.23. The van der Waals surface area contributed by atoms with Gasteiger partial charge in [0.15, 0.2) is 0 Å². The smallest absolute Gasteiger partial charge is 0.327 e. The van der Waals surface area contributed by atoms with Crippen LogP contribution in [0.4, 0.5) is 0 Å². The number of amides is 1. The Labute approximate surface area is 119 Å². The highest BCUT2D eigenvalue weighted by Gasteiger charge is 2.42. The predicted molar refractivity (Wildman–Crippen MR) is 78.1 cm³/mol. The molecule has 110 valence electrons. The molecule has 1 rings (SSSR count). The van der Waals surface area contributed by atoms with Crippen molar-refractivity contribution in [1.82, 2.24) is 4.90 Å². The fourth-order valence-corrected chi connectivity index (χ4v) is 4.02. The van der Waals surface area contributed by atoms with Crippen LogP contribution in [0.1, 0.15) is 52.9 Å². The van der Waals surface area contributed by atoms with E-state index in [0.29, 0.717) is 5.75 Å². The second-order valence-corrected chi connectivity index (χ2v) is 6.28. The van der Waals surface area contributed by atoms with Crippen molar-refractivity contribution >= 4 is 23.6 Å². The van der Waals surface area contributed by atoms with Crippen molar-refractivity contribution < 1.29 is 14.7 Å². The Morgan fingerprint density at radius 2 is 1.84 bits per heavy atom. The summed E-state index contributed by atoms with van der Waals surface area (Å²) in [6.45, 7) is 6.15. The lowest BCUT2D eigenvalue weighted by molar-refractivity contribution is -0.151. The number of thioether (sulfide) groups is 1. The van der Waals surface area contributed by atoms with Gasteiger partial charge in [0.05, 0.1) is 5.37 Å². The number of carbonyl (C=O) groups is 2. The van der Waals surface area contributed by atoms with Gasteiger partial charge in [-0.05, 0) is 19.3 Å². The van der Waals surface area contributed by atoms with Crippen LogP contribution < -0.4 is 0 Å². The van der Waals surface area contributed by atoms with E-state index in [1.54, 1.807) is 16.7 Å². The monoisotopic (exact) mass is 287 g/mol. The minimum Gasteiger partial charge on any atom is -0.480 e. The van der Waals surface area contributed by atoms with Gasteiger partial charge in [0, 0.05) is 11.7 Å². The van der Waals surface area contributed by atoms with E-state index in [4.69, 9.17) is 0 Å². The maximum absolute atomic E-state index is 12.7. The van der Waals surface area contributed by atoms with Crippen LogP contribution in [0, 0.1) is 5.92 Å². The van der Waals surface area contributed by atoms with Gasteiger partial charge in [0.2, 0.25) is 5.91 Å². The number of rotatable bonds is 7. The molecule has 0 aromatic carbocycles. The van der Waals surface area contributed by atoms with Gasteiger partial charge >= 0.3 is 5.97 Å². The highest BCUT2D eigenvalue weighted by Crippen LogP contribution is 2.34. The number of hydrogen-bond donors (Lipinski definition) is 1. The molecule has 1 aliphatic rings. The molecule has 1 heterocycles. The van der Waals surface area contributed by atoms with E-state index in [2.05, 4.69) is 13.8 Å². The maximum Gasteiger partial charge on any atom is 0.327 e. The Balaban J connectivity index is 2.86. The van der Waals surface area contributed by atoms with Crippen molar-refractivity contribution in [3.63, 3.8) is 0 Å². The zero-order valence-corrected chi connectivity index (χ0v) is 12.9. The van der Waals surface area contributed by atoms with Gasteiger partial charge in [-0.2, -0.15) is 0 Å². The average Bonchev–Trinajstić information content (AvgIpc) is 2.81. The molecule has 0 spiro atoms. The molecule has 2 unspecified atom stereocenters. The highest BCUT2D eigenvalue weighted by atomic mass is 32.2. The van der Waals surface area contributed by atoms with Crippen molar-refractivity contribution in [2.75, 3.05) is 5.75 Å². The number of carbonyl (C=O) groups excluding carboxylic acids is 1. The summed E-state index contributed by atoms with van der Waals surface area (Å²) in [5.74, 6) is -0.314. The molecule has 1 saturated heterocycles. The second-order valence-electron chi connectivity index (χ2n) is 5.07. The SMILES string of the molecule is CCCC(CCC)C(=O)N1C(CC)SCC1C(=O)O. The number of carboxylic acids is 1. The fraction of sp³-hybridized carbons (Fsp3) is 0.857. The molecule has 1 amide bonds. The Hall–Kier alpha value is -0.710. The first kappa shape index (κ1) is 16.3. The molecule has 0 aromatic heterocycles. The molecule has 0 aromatic rings. The summed E-state index contributed by atoms with van der Waals surface area (Å²) in [5, 5.41) is 9.31. The molecule has 5 heteroatoms. The molecule has 1 N–H and O–H groups in total. The molecule has 0 aliphatic carbocycles. The van der Waals surface area contributed by atoms with Gasteiger partial charge in [-0.3, -0.25) is 4.79 Å². The standard InChI is InChI=1S/C14H25NO3S/c1-4-7-10(8-5-2)13(16)15-11(14(17)18)9-19-12(15)6-3/h10-12H,4-9H2,1-3H3,(H,17,18). The van der Waals surface area contributed by atoms with Crippen LogP contribution in [0.15, 0.2) is 0 Å². The van der Waals surface area contributed by atoms with Crippen LogP contribution in [0.3, 0.4) is 0 Å². The second kappa shape index (κ2) is 7.78. The summed E-state index contributed by atoms with van der Waals surface area (Å²) < 4.78 is 0. The molecule has 2 atom stereocenters. The van der Waals surface area contributed by atoms with Gasteiger partial charge in [-0.1, -0.05) is 33.6 Å². The molecule has 4 nitrogen and oxygen atoms in total. The summed E-state index contributed by atoms with van der Waals surface area (Å²) in [5.41, 5.74) is 0. The molecule has 1 fully saturated rings. The van der Waals surface area contributed by atoms with Crippen molar-refractivity contribution in [2.24, 2.45) is 5.92 Å². The van der Waals surface area contributed by atoms with Gasteiger partial charge in [0.1, 0.15) is 6.04 Å². The molecule has 0 saturated carbocycles. The topological polar surface area (TPSA) is 57.6 Å². The molecular formula is C14H25NO3S. The third-order valence-corrected chi connectivity index (χ3v) is 5.06.